The highest BCUT2D eigenvalue weighted by atomic mass is 32.2. The van der Waals surface area contributed by atoms with Crippen LogP contribution < -0.4 is 4.18 Å². The summed E-state index contributed by atoms with van der Waals surface area (Å²) in [4.78, 5) is 12.5. The Kier molecular flexibility index (Phi) is 4.89. The molecule has 0 bridgehead atoms. The summed E-state index contributed by atoms with van der Waals surface area (Å²) in [6, 6.07) is 5.57. The fourth-order valence-electron chi connectivity index (χ4n) is 1.49. The van der Waals surface area contributed by atoms with Gasteiger partial charge in [0.2, 0.25) is 0 Å². The Morgan fingerprint density at radius 3 is 2.52 bits per heavy atom. The van der Waals surface area contributed by atoms with Crippen molar-refractivity contribution >= 4 is 22.3 Å². The SMILES string of the molecule is Cc1ccc(S(=O)(=O)Oc2ncc(F)c(N=CN(C)C)n2)cc1. The zero-order chi connectivity index (χ0) is 17.0. The van der Waals surface area contributed by atoms with Crippen LogP contribution in [-0.2, 0) is 10.1 Å². The summed E-state index contributed by atoms with van der Waals surface area (Å²) in [5, 5.41) is 0. The van der Waals surface area contributed by atoms with E-state index < -0.39 is 21.9 Å². The molecule has 2 aromatic rings. The predicted octanol–water partition coefficient (Wildman–Crippen LogP) is 1.91. The molecule has 0 amide bonds. The molecule has 0 aliphatic heterocycles. The molecule has 0 atom stereocenters. The summed E-state index contributed by atoms with van der Waals surface area (Å²) in [5.41, 5.74) is 0.905. The van der Waals surface area contributed by atoms with Crippen molar-refractivity contribution in [1.82, 2.24) is 14.9 Å². The smallest absolute Gasteiger partial charge is 0.341 e. The zero-order valence-corrected chi connectivity index (χ0v) is 13.6. The van der Waals surface area contributed by atoms with Gasteiger partial charge in [-0.1, -0.05) is 17.7 Å². The summed E-state index contributed by atoms with van der Waals surface area (Å²) < 4.78 is 42.6. The summed E-state index contributed by atoms with van der Waals surface area (Å²) in [7, 11) is -0.708. The molecule has 0 saturated heterocycles. The Bertz CT molecular complexity index is 820. The number of hydrogen-bond acceptors (Lipinski definition) is 6. The van der Waals surface area contributed by atoms with Crippen molar-refractivity contribution in [2.45, 2.75) is 11.8 Å². The molecule has 23 heavy (non-hydrogen) atoms. The first-order chi connectivity index (χ1) is 10.8. The third kappa shape index (κ3) is 4.46. The molecule has 0 N–H and O–H groups in total. The monoisotopic (exact) mass is 338 g/mol. The van der Waals surface area contributed by atoms with Crippen LogP contribution in [0.25, 0.3) is 0 Å². The lowest BCUT2D eigenvalue weighted by Crippen LogP contribution is -2.12. The van der Waals surface area contributed by atoms with E-state index in [4.69, 9.17) is 4.18 Å². The van der Waals surface area contributed by atoms with Crippen molar-refractivity contribution in [2.75, 3.05) is 14.1 Å². The van der Waals surface area contributed by atoms with Gasteiger partial charge in [-0.25, -0.2) is 9.38 Å². The molecular weight excluding hydrogens is 323 g/mol. The highest BCUT2D eigenvalue weighted by molar-refractivity contribution is 7.87. The van der Waals surface area contributed by atoms with E-state index in [9.17, 15) is 12.8 Å². The maximum atomic E-state index is 13.6. The van der Waals surface area contributed by atoms with Gasteiger partial charge < -0.3 is 9.08 Å². The van der Waals surface area contributed by atoms with Gasteiger partial charge in [0.1, 0.15) is 4.90 Å². The number of aromatic nitrogens is 2. The lowest BCUT2D eigenvalue weighted by atomic mass is 10.2. The summed E-state index contributed by atoms with van der Waals surface area (Å²) in [6.07, 6.45) is 2.12. The summed E-state index contributed by atoms with van der Waals surface area (Å²) >= 11 is 0. The second kappa shape index (κ2) is 6.69. The van der Waals surface area contributed by atoms with E-state index in [2.05, 4.69) is 15.0 Å². The third-order valence-electron chi connectivity index (χ3n) is 2.61. The maximum absolute atomic E-state index is 13.6. The van der Waals surface area contributed by atoms with Crippen LogP contribution in [0.3, 0.4) is 0 Å². The highest BCUT2D eigenvalue weighted by Crippen LogP contribution is 2.20. The highest BCUT2D eigenvalue weighted by Gasteiger charge is 2.19. The molecule has 0 unspecified atom stereocenters. The van der Waals surface area contributed by atoms with Crippen molar-refractivity contribution in [3.05, 3.63) is 41.8 Å². The summed E-state index contributed by atoms with van der Waals surface area (Å²) in [5.74, 6) is -1.11. The Morgan fingerprint density at radius 2 is 1.91 bits per heavy atom. The second-order valence-corrected chi connectivity index (χ2v) is 6.43. The minimum Gasteiger partial charge on any atom is -0.369 e. The Balaban J connectivity index is 2.29. The summed E-state index contributed by atoms with van der Waals surface area (Å²) in [6.45, 7) is 1.83. The van der Waals surface area contributed by atoms with Crippen LogP contribution in [0.2, 0.25) is 0 Å². The number of rotatable bonds is 5. The normalized spacial score (nSPS) is 11.7. The topological polar surface area (TPSA) is 84.8 Å². The van der Waals surface area contributed by atoms with E-state index in [1.54, 1.807) is 31.1 Å². The molecule has 7 nitrogen and oxygen atoms in total. The minimum atomic E-state index is -4.10. The first-order valence-electron chi connectivity index (χ1n) is 6.52. The fourth-order valence-corrected chi connectivity index (χ4v) is 2.34. The van der Waals surface area contributed by atoms with Gasteiger partial charge in [0.05, 0.1) is 12.5 Å². The first kappa shape index (κ1) is 16.8. The molecule has 122 valence electrons. The van der Waals surface area contributed by atoms with E-state index in [0.717, 1.165) is 11.8 Å². The predicted molar refractivity (Wildman–Crippen MR) is 82.8 cm³/mol. The molecule has 0 aliphatic carbocycles. The molecule has 2 rings (SSSR count). The van der Waals surface area contributed by atoms with Crippen LogP contribution in [0, 0.1) is 12.7 Å². The van der Waals surface area contributed by atoms with Gasteiger partial charge in [0.25, 0.3) is 0 Å². The number of nitrogens with zero attached hydrogens (tertiary/aromatic N) is 4. The molecule has 0 radical (unpaired) electrons. The average molecular weight is 338 g/mol. The van der Waals surface area contributed by atoms with Gasteiger partial charge >= 0.3 is 16.1 Å². The first-order valence-corrected chi connectivity index (χ1v) is 7.93. The Morgan fingerprint density at radius 1 is 1.26 bits per heavy atom. The van der Waals surface area contributed by atoms with Gasteiger partial charge in [-0.15, -0.1) is 0 Å². The van der Waals surface area contributed by atoms with E-state index in [1.165, 1.54) is 18.5 Å². The molecule has 0 saturated carbocycles. The van der Waals surface area contributed by atoms with Crippen LogP contribution >= 0.6 is 0 Å². The van der Waals surface area contributed by atoms with Gasteiger partial charge in [-0.05, 0) is 19.1 Å². The molecule has 0 aliphatic rings. The molecule has 0 spiro atoms. The minimum absolute atomic E-state index is 0.0469. The lowest BCUT2D eigenvalue weighted by Gasteiger charge is -2.06. The molecule has 0 fully saturated rings. The standard InChI is InChI=1S/C14H15FN4O3S/c1-10-4-6-11(7-5-10)23(20,21)22-14-16-8-12(15)13(18-14)17-9-19(2)3/h4-9H,1-3H3. The van der Waals surface area contributed by atoms with E-state index in [0.29, 0.717) is 0 Å². The van der Waals surface area contributed by atoms with E-state index >= 15 is 0 Å². The fraction of sp³-hybridized carbons (Fsp3) is 0.214. The van der Waals surface area contributed by atoms with Crippen LogP contribution in [0.15, 0.2) is 40.4 Å². The van der Waals surface area contributed by atoms with Crippen molar-refractivity contribution < 1.29 is 17.0 Å². The largest absolute Gasteiger partial charge is 0.369 e. The van der Waals surface area contributed by atoms with Gasteiger partial charge in [0, 0.05) is 14.1 Å². The molecule has 1 aromatic heterocycles. The Hall–Kier alpha value is -2.55. The van der Waals surface area contributed by atoms with E-state index in [1.807, 2.05) is 6.92 Å². The van der Waals surface area contributed by atoms with Gasteiger partial charge in [0.15, 0.2) is 11.6 Å². The van der Waals surface area contributed by atoms with Crippen molar-refractivity contribution in [2.24, 2.45) is 4.99 Å². The molecular formula is C14H15FN4O3S. The zero-order valence-electron chi connectivity index (χ0n) is 12.8. The molecule has 9 heteroatoms. The molecule has 1 aromatic carbocycles. The molecule has 1 heterocycles. The van der Waals surface area contributed by atoms with Crippen LogP contribution in [-0.4, -0.2) is 43.7 Å². The number of aliphatic imine (C=N–C) groups is 1. The van der Waals surface area contributed by atoms with Crippen LogP contribution in [0.1, 0.15) is 5.56 Å². The van der Waals surface area contributed by atoms with Crippen molar-refractivity contribution in [1.29, 1.82) is 0 Å². The van der Waals surface area contributed by atoms with Crippen molar-refractivity contribution in [3.8, 4) is 6.01 Å². The number of hydrogen-bond donors (Lipinski definition) is 0. The Labute approximate surface area is 133 Å². The maximum Gasteiger partial charge on any atom is 0.341 e. The average Bonchev–Trinajstić information content (AvgIpc) is 2.48. The van der Waals surface area contributed by atoms with Gasteiger partial charge in [-0.2, -0.15) is 18.4 Å². The van der Waals surface area contributed by atoms with Crippen LogP contribution in [0.5, 0.6) is 6.01 Å². The van der Waals surface area contributed by atoms with Gasteiger partial charge in [-0.3, -0.25) is 0 Å². The number of aryl methyl sites for hydroxylation is 1. The third-order valence-corrected chi connectivity index (χ3v) is 3.83. The second-order valence-electron chi connectivity index (χ2n) is 4.88. The van der Waals surface area contributed by atoms with E-state index in [-0.39, 0.29) is 10.7 Å². The lowest BCUT2D eigenvalue weighted by molar-refractivity contribution is 0.460. The number of benzene rings is 1. The van der Waals surface area contributed by atoms with Crippen molar-refractivity contribution in [3.63, 3.8) is 0 Å². The number of halogens is 1. The quantitative estimate of drug-likeness (QED) is 0.470. The van der Waals surface area contributed by atoms with Crippen LogP contribution in [0.4, 0.5) is 10.2 Å².